The molecule has 2 aromatic carbocycles. The normalized spacial score (nSPS) is 16.8. The van der Waals surface area contributed by atoms with Crippen molar-refractivity contribution >= 4 is 52.0 Å². The third kappa shape index (κ3) is 6.86. The van der Waals surface area contributed by atoms with Crippen molar-refractivity contribution in [3.63, 3.8) is 0 Å². The van der Waals surface area contributed by atoms with Crippen LogP contribution in [0.1, 0.15) is 39.2 Å². The summed E-state index contributed by atoms with van der Waals surface area (Å²) in [6.45, 7) is 8.78. The Labute approximate surface area is 242 Å². The van der Waals surface area contributed by atoms with Crippen LogP contribution in [0.15, 0.2) is 49.2 Å². The third-order valence-corrected chi connectivity index (χ3v) is 7.08. The molecule has 1 aliphatic heterocycles. The maximum Gasteiger partial charge on any atom is 0.247 e. The van der Waals surface area contributed by atoms with Crippen LogP contribution in [-0.2, 0) is 10.4 Å². The molecule has 12 heteroatoms. The highest BCUT2D eigenvalue weighted by Gasteiger charge is 2.33. The number of benzene rings is 2. The minimum absolute atomic E-state index is 0.0345. The van der Waals surface area contributed by atoms with E-state index in [2.05, 4.69) is 32.5 Å². The number of anilines is 6. The first kappa shape index (κ1) is 30.0. The molecular formula is C29H33ClF2N6O3. The molecule has 1 aliphatic rings. The van der Waals surface area contributed by atoms with Crippen molar-refractivity contribution < 1.29 is 23.4 Å². The van der Waals surface area contributed by atoms with E-state index in [-0.39, 0.29) is 29.1 Å². The van der Waals surface area contributed by atoms with E-state index in [1.54, 1.807) is 18.2 Å². The summed E-state index contributed by atoms with van der Waals surface area (Å²) in [5, 5.41) is 19.4. The van der Waals surface area contributed by atoms with Gasteiger partial charge in [0.2, 0.25) is 11.9 Å². The molecule has 0 radical (unpaired) electrons. The van der Waals surface area contributed by atoms with Gasteiger partial charge in [-0.15, -0.1) is 0 Å². The molecule has 1 aromatic heterocycles. The molecule has 0 unspecified atom stereocenters. The Kier molecular flexibility index (Phi) is 8.98. The van der Waals surface area contributed by atoms with Gasteiger partial charge in [-0.25, -0.2) is 13.8 Å². The van der Waals surface area contributed by atoms with Gasteiger partial charge in [-0.3, -0.25) is 4.79 Å². The Hall–Kier alpha value is -3.96. The van der Waals surface area contributed by atoms with Crippen LogP contribution in [0.2, 0.25) is 5.02 Å². The van der Waals surface area contributed by atoms with E-state index in [0.717, 1.165) is 12.5 Å². The number of methoxy groups -OCH3 is 1. The van der Waals surface area contributed by atoms with Crippen molar-refractivity contribution in [2.45, 2.75) is 51.4 Å². The van der Waals surface area contributed by atoms with Gasteiger partial charge in [-0.2, -0.15) is 4.98 Å². The van der Waals surface area contributed by atoms with E-state index in [1.165, 1.54) is 39.3 Å². The fourth-order valence-corrected chi connectivity index (χ4v) is 4.97. The number of aromatic nitrogens is 2. The fourth-order valence-electron chi connectivity index (χ4n) is 4.80. The molecule has 218 valence electrons. The van der Waals surface area contributed by atoms with Crippen LogP contribution in [0.5, 0.6) is 5.75 Å². The highest BCUT2D eigenvalue weighted by atomic mass is 35.5. The summed E-state index contributed by atoms with van der Waals surface area (Å²) in [5.41, 5.74) is 0.799. The first-order valence-electron chi connectivity index (χ1n) is 13.1. The first-order chi connectivity index (χ1) is 19.4. The minimum Gasteiger partial charge on any atom is -0.494 e. The number of amides is 1. The number of halogens is 3. The maximum absolute atomic E-state index is 14.4. The molecule has 1 saturated heterocycles. The Morgan fingerprint density at radius 1 is 1.27 bits per heavy atom. The van der Waals surface area contributed by atoms with Crippen molar-refractivity contribution in [3.8, 4) is 5.75 Å². The average molecular weight is 587 g/mol. The van der Waals surface area contributed by atoms with Crippen LogP contribution in [0.4, 0.5) is 43.3 Å². The molecule has 1 fully saturated rings. The van der Waals surface area contributed by atoms with Gasteiger partial charge in [-0.05, 0) is 50.6 Å². The Balaban J connectivity index is 1.69. The van der Waals surface area contributed by atoms with Gasteiger partial charge in [0.15, 0.2) is 0 Å². The summed E-state index contributed by atoms with van der Waals surface area (Å²) in [6.07, 6.45) is 2.81. The Morgan fingerprint density at radius 2 is 2.02 bits per heavy atom. The van der Waals surface area contributed by atoms with Crippen molar-refractivity contribution in [1.29, 1.82) is 0 Å². The number of nitrogens with zero attached hydrogens (tertiary/aromatic N) is 3. The van der Waals surface area contributed by atoms with E-state index >= 15 is 0 Å². The van der Waals surface area contributed by atoms with Crippen LogP contribution in [0.3, 0.4) is 0 Å². The number of alkyl halides is 1. The van der Waals surface area contributed by atoms with E-state index in [9.17, 15) is 18.7 Å². The minimum atomic E-state index is -1.36. The second kappa shape index (κ2) is 12.3. The molecule has 4 rings (SSSR count). The lowest BCUT2D eigenvalue weighted by Crippen LogP contribution is -2.30. The molecule has 0 bridgehead atoms. The number of nitrogens with one attached hydrogen (secondary N) is 3. The van der Waals surface area contributed by atoms with E-state index < -0.39 is 23.5 Å². The molecule has 1 amide bonds. The molecule has 2 atom stereocenters. The first-order valence-corrected chi connectivity index (χ1v) is 13.5. The summed E-state index contributed by atoms with van der Waals surface area (Å²) in [6, 6.07) is 7.51. The van der Waals surface area contributed by atoms with Gasteiger partial charge in [0.05, 0.1) is 34.8 Å². The van der Waals surface area contributed by atoms with E-state index in [0.29, 0.717) is 40.7 Å². The van der Waals surface area contributed by atoms with E-state index in [4.69, 9.17) is 16.3 Å². The van der Waals surface area contributed by atoms with Gasteiger partial charge in [-0.1, -0.05) is 25.1 Å². The smallest absolute Gasteiger partial charge is 0.247 e. The molecule has 9 nitrogen and oxygen atoms in total. The summed E-state index contributed by atoms with van der Waals surface area (Å²) in [4.78, 5) is 23.0. The van der Waals surface area contributed by atoms with Gasteiger partial charge in [0, 0.05) is 42.5 Å². The molecule has 3 aromatic rings. The highest BCUT2D eigenvalue weighted by molar-refractivity contribution is 6.31. The average Bonchev–Trinajstić information content (AvgIpc) is 3.30. The molecule has 0 aliphatic carbocycles. The van der Waals surface area contributed by atoms with E-state index in [1.807, 2.05) is 11.8 Å². The SMILES string of the molecule is C=CC(=O)Nc1cc(Nc2nccc(Nc3cc(Cl)c(F)cc3C(C)(C)O)n2)c(OC)cc1N1C[C@H](F)C[C@@H]1CC. The maximum atomic E-state index is 14.4. The number of hydrogen-bond acceptors (Lipinski definition) is 8. The number of carbonyl (C=O) groups is 1. The van der Waals surface area contributed by atoms with Crippen LogP contribution >= 0.6 is 11.6 Å². The van der Waals surface area contributed by atoms with Gasteiger partial charge >= 0.3 is 0 Å². The van der Waals surface area contributed by atoms with Crippen LogP contribution in [0.25, 0.3) is 0 Å². The molecule has 2 heterocycles. The second-order valence-corrected chi connectivity index (χ2v) is 10.6. The summed E-state index contributed by atoms with van der Waals surface area (Å²) in [7, 11) is 1.50. The summed E-state index contributed by atoms with van der Waals surface area (Å²) < 4.78 is 34.2. The quantitative estimate of drug-likeness (QED) is 0.201. The highest BCUT2D eigenvalue weighted by Crippen LogP contribution is 2.42. The topological polar surface area (TPSA) is 112 Å². The fraction of sp³-hybridized carbons (Fsp3) is 0.345. The second-order valence-electron chi connectivity index (χ2n) is 10.2. The van der Waals surface area contributed by atoms with Crippen molar-refractivity contribution in [3.05, 3.63) is 65.6 Å². The molecule has 0 saturated carbocycles. The Bertz CT molecular complexity index is 1450. The number of aliphatic hydroxyl groups is 1. The number of hydrogen-bond donors (Lipinski definition) is 4. The lowest BCUT2D eigenvalue weighted by atomic mass is 9.96. The molecular weight excluding hydrogens is 554 g/mol. The zero-order chi connectivity index (χ0) is 29.9. The standard InChI is InChI=1S/C29H33ClF2N6O3/c1-6-17-10-16(31)15-38(17)24-14-25(41-5)23(13-22(24)35-27(39)7-2)36-28-33-9-8-26(37-28)34-21-12-19(30)20(32)11-18(21)29(3,4)40/h7-9,11-14,16-17,40H,2,6,10,15H2,1,3-5H3,(H,35,39)(H2,33,34,36,37)/t16-,17+/m1/s1. The molecule has 0 spiro atoms. The molecule has 41 heavy (non-hydrogen) atoms. The summed E-state index contributed by atoms with van der Waals surface area (Å²) in [5.74, 6) is -0.143. The lowest BCUT2D eigenvalue weighted by Gasteiger charge is -2.29. The zero-order valence-electron chi connectivity index (χ0n) is 23.3. The largest absolute Gasteiger partial charge is 0.494 e. The van der Waals surface area contributed by atoms with Crippen molar-refractivity contribution in [2.24, 2.45) is 0 Å². The number of rotatable bonds is 10. The number of carbonyl (C=O) groups excluding carboxylic acids is 1. The Morgan fingerprint density at radius 3 is 2.68 bits per heavy atom. The van der Waals surface area contributed by atoms with Gasteiger partial charge in [0.1, 0.15) is 23.6 Å². The predicted molar refractivity (Wildman–Crippen MR) is 158 cm³/mol. The number of ether oxygens (including phenoxy) is 1. The summed E-state index contributed by atoms with van der Waals surface area (Å²) >= 11 is 6.01. The van der Waals surface area contributed by atoms with Gasteiger partial charge < -0.3 is 30.7 Å². The van der Waals surface area contributed by atoms with Crippen molar-refractivity contribution in [1.82, 2.24) is 9.97 Å². The van der Waals surface area contributed by atoms with Crippen molar-refractivity contribution in [2.75, 3.05) is 34.5 Å². The zero-order valence-corrected chi connectivity index (χ0v) is 24.0. The third-order valence-electron chi connectivity index (χ3n) is 6.79. The van der Waals surface area contributed by atoms with Crippen LogP contribution in [-0.4, -0.2) is 46.8 Å². The monoisotopic (exact) mass is 586 g/mol. The van der Waals surface area contributed by atoms with Gasteiger partial charge in [0.25, 0.3) is 0 Å². The van der Waals surface area contributed by atoms with Crippen LogP contribution < -0.4 is 25.6 Å². The predicted octanol–water partition coefficient (Wildman–Crippen LogP) is 6.44. The van der Waals surface area contributed by atoms with Crippen LogP contribution in [0, 0.1) is 5.82 Å². The molecule has 4 N–H and O–H groups in total. The lowest BCUT2D eigenvalue weighted by molar-refractivity contribution is -0.111.